The van der Waals surface area contributed by atoms with Crippen LogP contribution < -0.4 is 10.1 Å². The van der Waals surface area contributed by atoms with E-state index in [4.69, 9.17) is 9.15 Å². The van der Waals surface area contributed by atoms with Crippen LogP contribution in [0, 0.1) is 6.92 Å². The van der Waals surface area contributed by atoms with Gasteiger partial charge in [-0.1, -0.05) is 11.3 Å². The number of anilines is 1. The fourth-order valence-corrected chi connectivity index (χ4v) is 6.41. The number of rotatable bonds is 5. The molecule has 1 fully saturated rings. The van der Waals surface area contributed by atoms with E-state index in [2.05, 4.69) is 10.3 Å². The fourth-order valence-electron chi connectivity index (χ4n) is 3.89. The molecule has 10 heteroatoms. The number of carbonyl (C=O) groups excluding carboxylic acids is 1. The van der Waals surface area contributed by atoms with Crippen LogP contribution in [0.3, 0.4) is 0 Å². The van der Waals surface area contributed by atoms with Gasteiger partial charge >= 0.3 is 0 Å². The van der Waals surface area contributed by atoms with Crippen molar-refractivity contribution < 1.29 is 22.4 Å². The monoisotopic (exact) mass is 471 g/mol. The van der Waals surface area contributed by atoms with Gasteiger partial charge in [-0.2, -0.15) is 4.31 Å². The summed E-state index contributed by atoms with van der Waals surface area (Å²) in [4.78, 5) is 17.5. The summed E-state index contributed by atoms with van der Waals surface area (Å²) in [6.07, 6.45) is 1.76. The molecule has 8 nitrogen and oxygen atoms in total. The molecule has 0 radical (unpaired) electrons. The fraction of sp³-hybridized carbons (Fsp3) is 0.273. The topological polar surface area (TPSA) is 102 Å². The van der Waals surface area contributed by atoms with Crippen LogP contribution in [-0.4, -0.2) is 43.8 Å². The number of aryl methyl sites for hydroxylation is 1. The van der Waals surface area contributed by atoms with E-state index in [0.717, 1.165) is 18.2 Å². The highest BCUT2D eigenvalue weighted by molar-refractivity contribution is 7.89. The lowest BCUT2D eigenvalue weighted by Gasteiger charge is -2.15. The third-order valence-electron chi connectivity index (χ3n) is 5.63. The predicted molar refractivity (Wildman–Crippen MR) is 123 cm³/mol. The quantitative estimate of drug-likeness (QED) is 0.463. The number of sulfonamides is 1. The maximum atomic E-state index is 12.9. The first-order chi connectivity index (χ1) is 15.4. The number of ether oxygens (including phenoxy) is 1. The van der Waals surface area contributed by atoms with Crippen molar-refractivity contribution in [2.24, 2.45) is 0 Å². The van der Waals surface area contributed by atoms with Gasteiger partial charge in [0.15, 0.2) is 10.9 Å². The Morgan fingerprint density at radius 2 is 1.97 bits per heavy atom. The second kappa shape index (κ2) is 7.88. The van der Waals surface area contributed by atoms with Crippen LogP contribution in [0.5, 0.6) is 5.75 Å². The summed E-state index contributed by atoms with van der Waals surface area (Å²) in [5, 5.41) is 3.95. The second-order valence-corrected chi connectivity index (χ2v) is 10.6. The van der Waals surface area contributed by atoms with Crippen LogP contribution in [-0.2, 0) is 10.0 Å². The molecule has 1 aliphatic rings. The number of nitrogens with one attached hydrogen (secondary N) is 1. The smallest absolute Gasteiger partial charge is 0.293 e. The van der Waals surface area contributed by atoms with E-state index in [9.17, 15) is 13.2 Å². The van der Waals surface area contributed by atoms with E-state index in [-0.39, 0.29) is 10.7 Å². The molecule has 4 aromatic rings. The highest BCUT2D eigenvalue weighted by atomic mass is 32.2. The van der Waals surface area contributed by atoms with Crippen LogP contribution in [0.15, 0.2) is 45.7 Å². The lowest BCUT2D eigenvalue weighted by Crippen LogP contribution is -2.27. The molecule has 5 rings (SSSR count). The number of thiazole rings is 1. The van der Waals surface area contributed by atoms with Gasteiger partial charge in [-0.15, -0.1) is 0 Å². The summed E-state index contributed by atoms with van der Waals surface area (Å²) in [6, 6.07) is 10.2. The molecular formula is C22H21N3O5S2. The molecule has 0 aliphatic carbocycles. The molecule has 0 unspecified atom stereocenters. The Morgan fingerprint density at radius 3 is 2.72 bits per heavy atom. The van der Waals surface area contributed by atoms with Gasteiger partial charge in [0.2, 0.25) is 10.0 Å². The van der Waals surface area contributed by atoms with Crippen molar-refractivity contribution in [3.8, 4) is 5.75 Å². The van der Waals surface area contributed by atoms with Gasteiger partial charge in [-0.05, 0) is 56.2 Å². The summed E-state index contributed by atoms with van der Waals surface area (Å²) < 4.78 is 38.9. The van der Waals surface area contributed by atoms with Crippen LogP contribution in [0.25, 0.3) is 21.2 Å². The minimum atomic E-state index is -3.51. The number of benzene rings is 2. The summed E-state index contributed by atoms with van der Waals surface area (Å²) in [5.74, 6) is 0.464. The number of fused-ring (bicyclic) bond motifs is 2. The third-order valence-corrected chi connectivity index (χ3v) is 8.46. The molecule has 0 saturated carbocycles. The first-order valence-electron chi connectivity index (χ1n) is 10.2. The normalized spacial score (nSPS) is 14.9. The highest BCUT2D eigenvalue weighted by Gasteiger charge is 2.27. The van der Waals surface area contributed by atoms with Crippen molar-refractivity contribution >= 4 is 53.6 Å². The number of hydrogen-bond acceptors (Lipinski definition) is 7. The van der Waals surface area contributed by atoms with Gasteiger partial charge in [0.05, 0.1) is 22.2 Å². The van der Waals surface area contributed by atoms with Gasteiger partial charge in [-0.25, -0.2) is 13.4 Å². The molecule has 1 aliphatic heterocycles. The first kappa shape index (κ1) is 20.9. The lowest BCUT2D eigenvalue weighted by molar-refractivity contribution is 0.0998. The molecule has 3 heterocycles. The molecule has 2 aromatic carbocycles. The standard InChI is InChI=1S/C22H21N3O5S2/c1-13-16-11-14(29-2)5-8-18(16)30-20(13)21(26)24-22-23-17-7-6-15(12-19(17)31-22)32(27,28)25-9-3-4-10-25/h5-8,11-12H,3-4,9-10H2,1-2H3,(H,23,24,26). The predicted octanol–water partition coefficient (Wildman–Crippen LogP) is 4.40. The summed E-state index contributed by atoms with van der Waals surface area (Å²) in [6.45, 7) is 2.91. The Morgan fingerprint density at radius 1 is 1.19 bits per heavy atom. The number of aromatic nitrogens is 1. The zero-order valence-electron chi connectivity index (χ0n) is 17.5. The van der Waals surface area contributed by atoms with Crippen molar-refractivity contribution in [2.75, 3.05) is 25.5 Å². The summed E-state index contributed by atoms with van der Waals surface area (Å²) in [7, 11) is -1.93. The SMILES string of the molecule is COc1ccc2oc(C(=O)Nc3nc4ccc(S(=O)(=O)N5CCCC5)cc4s3)c(C)c2c1. The minimum Gasteiger partial charge on any atom is -0.497 e. The molecule has 1 saturated heterocycles. The molecule has 0 atom stereocenters. The van der Waals surface area contributed by atoms with Crippen molar-refractivity contribution in [1.29, 1.82) is 0 Å². The number of furan rings is 1. The summed E-state index contributed by atoms with van der Waals surface area (Å²) >= 11 is 1.22. The molecule has 0 spiro atoms. The minimum absolute atomic E-state index is 0.199. The van der Waals surface area contributed by atoms with Crippen molar-refractivity contribution in [3.05, 3.63) is 47.7 Å². The maximum absolute atomic E-state index is 12.9. The molecule has 1 amide bonds. The number of methoxy groups -OCH3 is 1. The lowest BCUT2D eigenvalue weighted by atomic mass is 10.1. The van der Waals surface area contributed by atoms with E-state index in [1.165, 1.54) is 15.6 Å². The number of hydrogen-bond donors (Lipinski definition) is 1. The van der Waals surface area contributed by atoms with Crippen molar-refractivity contribution in [1.82, 2.24) is 9.29 Å². The van der Waals surface area contributed by atoms with Crippen molar-refractivity contribution in [2.45, 2.75) is 24.7 Å². The van der Waals surface area contributed by atoms with Crippen LogP contribution in [0.2, 0.25) is 0 Å². The Hall–Kier alpha value is -2.95. The maximum Gasteiger partial charge on any atom is 0.293 e. The zero-order chi connectivity index (χ0) is 22.5. The Labute approximate surface area is 188 Å². The van der Waals surface area contributed by atoms with E-state index in [0.29, 0.717) is 45.3 Å². The molecule has 0 bridgehead atoms. The Bertz CT molecular complexity index is 1450. The third kappa shape index (κ3) is 3.54. The Balaban J connectivity index is 1.42. The van der Waals surface area contributed by atoms with E-state index >= 15 is 0 Å². The summed E-state index contributed by atoms with van der Waals surface area (Å²) in [5.41, 5.74) is 1.92. The number of carbonyl (C=O) groups is 1. The van der Waals surface area contributed by atoms with E-state index in [1.54, 1.807) is 37.4 Å². The largest absolute Gasteiger partial charge is 0.497 e. The molecule has 166 valence electrons. The van der Waals surface area contributed by atoms with E-state index in [1.807, 2.05) is 13.0 Å². The van der Waals surface area contributed by atoms with E-state index < -0.39 is 15.9 Å². The highest BCUT2D eigenvalue weighted by Crippen LogP contribution is 2.32. The average Bonchev–Trinajstić information content (AvgIpc) is 3.52. The molecular weight excluding hydrogens is 450 g/mol. The van der Waals surface area contributed by atoms with Crippen LogP contribution in [0.4, 0.5) is 5.13 Å². The van der Waals surface area contributed by atoms with Crippen LogP contribution in [0.1, 0.15) is 29.0 Å². The van der Waals surface area contributed by atoms with Gasteiger partial charge in [0, 0.05) is 24.0 Å². The number of nitrogens with zero attached hydrogens (tertiary/aromatic N) is 2. The van der Waals surface area contributed by atoms with Gasteiger partial charge in [0.25, 0.3) is 5.91 Å². The van der Waals surface area contributed by atoms with Gasteiger partial charge < -0.3 is 9.15 Å². The van der Waals surface area contributed by atoms with Gasteiger partial charge in [-0.3, -0.25) is 10.1 Å². The average molecular weight is 472 g/mol. The molecule has 2 aromatic heterocycles. The second-order valence-electron chi connectivity index (χ2n) is 7.63. The zero-order valence-corrected chi connectivity index (χ0v) is 19.2. The van der Waals surface area contributed by atoms with Crippen LogP contribution >= 0.6 is 11.3 Å². The van der Waals surface area contributed by atoms with Crippen molar-refractivity contribution in [3.63, 3.8) is 0 Å². The molecule has 1 N–H and O–H groups in total. The Kier molecular flexibility index (Phi) is 5.15. The first-order valence-corrected chi connectivity index (χ1v) is 12.4. The molecule has 32 heavy (non-hydrogen) atoms. The van der Waals surface area contributed by atoms with Gasteiger partial charge in [0.1, 0.15) is 11.3 Å². The number of amides is 1.